The Kier molecular flexibility index (Phi) is 3.60. The maximum absolute atomic E-state index is 11.9. The number of nitrogens with one attached hydrogen (secondary N) is 1. The number of ether oxygens (including phenoxy) is 1. The van der Waals surface area contributed by atoms with Crippen molar-refractivity contribution in [1.29, 1.82) is 0 Å². The number of alkyl halides is 3. The molecule has 0 spiro atoms. The standard InChI is InChI=1S/C7H2ClF3N2O5/c8-5(15)4-2(14)1-3(18-7(9,10)11)12-6(4)13(16)17/h1H,(H,12,14). The molecule has 1 aromatic heterocycles. The maximum Gasteiger partial charge on any atom is 0.575 e. The highest BCUT2D eigenvalue weighted by molar-refractivity contribution is 6.68. The Morgan fingerprint density at radius 3 is 2.44 bits per heavy atom. The van der Waals surface area contributed by atoms with E-state index in [-0.39, 0.29) is 6.07 Å². The summed E-state index contributed by atoms with van der Waals surface area (Å²) in [6, 6.07) is 0.232. The van der Waals surface area contributed by atoms with Crippen LogP contribution in [0.2, 0.25) is 0 Å². The molecule has 0 aliphatic carbocycles. The first-order valence-corrected chi connectivity index (χ1v) is 4.37. The Hall–Kier alpha value is -2.10. The summed E-state index contributed by atoms with van der Waals surface area (Å²) < 4.78 is 38.9. The lowest BCUT2D eigenvalue weighted by Crippen LogP contribution is -2.22. The van der Waals surface area contributed by atoms with Gasteiger partial charge >= 0.3 is 12.2 Å². The predicted molar refractivity (Wildman–Crippen MR) is 50.6 cm³/mol. The van der Waals surface area contributed by atoms with Crippen molar-refractivity contribution in [2.75, 3.05) is 0 Å². The van der Waals surface area contributed by atoms with Crippen molar-refractivity contribution in [1.82, 2.24) is 4.98 Å². The summed E-state index contributed by atoms with van der Waals surface area (Å²) in [5, 5.41) is 9.01. The van der Waals surface area contributed by atoms with E-state index in [0.29, 0.717) is 0 Å². The highest BCUT2D eigenvalue weighted by Crippen LogP contribution is 2.23. The molecule has 11 heteroatoms. The van der Waals surface area contributed by atoms with Gasteiger partial charge in [0.1, 0.15) is 0 Å². The van der Waals surface area contributed by atoms with Crippen LogP contribution in [0.1, 0.15) is 10.4 Å². The number of aromatic amines is 1. The molecule has 0 saturated carbocycles. The molecule has 0 aromatic carbocycles. The minimum absolute atomic E-state index is 0.232. The van der Waals surface area contributed by atoms with Crippen LogP contribution in [0.3, 0.4) is 0 Å². The van der Waals surface area contributed by atoms with E-state index in [2.05, 4.69) is 4.74 Å². The fourth-order valence-electron chi connectivity index (χ4n) is 1.03. The van der Waals surface area contributed by atoms with E-state index in [1.807, 2.05) is 0 Å². The Morgan fingerprint density at radius 1 is 1.50 bits per heavy atom. The van der Waals surface area contributed by atoms with Gasteiger partial charge in [-0.2, -0.15) is 0 Å². The summed E-state index contributed by atoms with van der Waals surface area (Å²) in [5.41, 5.74) is -2.43. The van der Waals surface area contributed by atoms with Crippen LogP contribution in [-0.2, 0) is 0 Å². The van der Waals surface area contributed by atoms with Crippen LogP contribution in [-0.4, -0.2) is 21.5 Å². The third-order valence-electron chi connectivity index (χ3n) is 1.59. The average molecular weight is 287 g/mol. The number of carbonyl (C=O) groups is 1. The molecule has 1 aromatic rings. The van der Waals surface area contributed by atoms with Crippen LogP contribution in [0.5, 0.6) is 5.88 Å². The van der Waals surface area contributed by atoms with Gasteiger partial charge in [-0.3, -0.25) is 9.59 Å². The molecule has 0 unspecified atom stereocenters. The molecule has 0 aliphatic rings. The normalized spacial score (nSPS) is 11.1. The zero-order chi connectivity index (χ0) is 14.1. The second-order valence-corrected chi connectivity index (χ2v) is 3.14. The number of nitrogens with zero attached hydrogens (tertiary/aromatic N) is 1. The highest BCUT2D eigenvalue weighted by Gasteiger charge is 2.34. The van der Waals surface area contributed by atoms with Gasteiger partial charge in [-0.05, 0) is 16.5 Å². The van der Waals surface area contributed by atoms with E-state index < -0.39 is 39.2 Å². The Labute approximate surface area is 100 Å². The largest absolute Gasteiger partial charge is 0.575 e. The van der Waals surface area contributed by atoms with Gasteiger partial charge in [-0.25, -0.2) is 4.98 Å². The molecular weight excluding hydrogens is 285 g/mol. The molecule has 0 atom stereocenters. The zero-order valence-corrected chi connectivity index (χ0v) is 8.83. The monoisotopic (exact) mass is 286 g/mol. The summed E-state index contributed by atoms with van der Waals surface area (Å²) in [5.74, 6) is -2.50. The van der Waals surface area contributed by atoms with Crippen molar-refractivity contribution in [2.45, 2.75) is 6.36 Å². The fourth-order valence-corrected chi connectivity index (χ4v) is 1.21. The minimum Gasteiger partial charge on any atom is -0.370 e. The van der Waals surface area contributed by atoms with E-state index in [4.69, 9.17) is 11.6 Å². The van der Waals surface area contributed by atoms with E-state index in [1.165, 1.54) is 0 Å². The lowest BCUT2D eigenvalue weighted by Gasteiger charge is -2.07. The molecule has 0 aliphatic heterocycles. The number of halogens is 4. The van der Waals surface area contributed by atoms with E-state index >= 15 is 0 Å². The van der Waals surface area contributed by atoms with Gasteiger partial charge in [-0.1, -0.05) is 0 Å². The topological polar surface area (TPSA) is 102 Å². The lowest BCUT2D eigenvalue weighted by atomic mass is 10.2. The van der Waals surface area contributed by atoms with Gasteiger partial charge in [0, 0.05) is 0 Å². The Balaban J connectivity index is 3.42. The van der Waals surface area contributed by atoms with Gasteiger partial charge in [0.05, 0.1) is 6.07 Å². The third kappa shape index (κ3) is 3.20. The number of nitro groups is 1. The fraction of sp³-hybridized carbons (Fsp3) is 0.143. The molecule has 0 amide bonds. The van der Waals surface area contributed by atoms with Crippen molar-refractivity contribution in [3.05, 3.63) is 32.0 Å². The van der Waals surface area contributed by atoms with E-state index in [1.54, 1.807) is 4.98 Å². The maximum atomic E-state index is 11.9. The van der Waals surface area contributed by atoms with Crippen molar-refractivity contribution in [3.8, 4) is 5.88 Å². The molecule has 98 valence electrons. The van der Waals surface area contributed by atoms with Crippen LogP contribution in [0.25, 0.3) is 0 Å². The summed E-state index contributed by atoms with van der Waals surface area (Å²) in [6.45, 7) is 0. The van der Waals surface area contributed by atoms with Crippen LogP contribution in [0.15, 0.2) is 10.9 Å². The molecule has 0 radical (unpaired) electrons. The molecule has 0 fully saturated rings. The number of pyridine rings is 1. The number of aromatic nitrogens is 1. The predicted octanol–water partition coefficient (Wildman–Crippen LogP) is 1.56. The summed E-state index contributed by atoms with van der Waals surface area (Å²) in [4.78, 5) is 32.7. The molecular formula is C7H2ClF3N2O5. The van der Waals surface area contributed by atoms with Crippen LogP contribution >= 0.6 is 11.6 Å². The Morgan fingerprint density at radius 2 is 2.06 bits per heavy atom. The van der Waals surface area contributed by atoms with Crippen molar-refractivity contribution >= 4 is 22.7 Å². The zero-order valence-electron chi connectivity index (χ0n) is 8.08. The van der Waals surface area contributed by atoms with E-state index in [0.717, 1.165) is 0 Å². The third-order valence-corrected chi connectivity index (χ3v) is 1.78. The first-order chi connectivity index (χ1) is 8.11. The molecule has 0 saturated heterocycles. The lowest BCUT2D eigenvalue weighted by molar-refractivity contribution is -0.390. The van der Waals surface area contributed by atoms with Crippen molar-refractivity contribution in [2.24, 2.45) is 0 Å². The van der Waals surface area contributed by atoms with Gasteiger partial charge in [0.25, 0.3) is 11.1 Å². The molecule has 1 heterocycles. The quantitative estimate of drug-likeness (QED) is 0.516. The van der Waals surface area contributed by atoms with Gasteiger partial charge in [0.2, 0.25) is 5.43 Å². The van der Waals surface area contributed by atoms with E-state index in [9.17, 15) is 32.9 Å². The van der Waals surface area contributed by atoms with Crippen LogP contribution < -0.4 is 10.2 Å². The second kappa shape index (κ2) is 4.64. The molecule has 0 bridgehead atoms. The summed E-state index contributed by atoms with van der Waals surface area (Å²) in [6.07, 6.45) is -5.15. The van der Waals surface area contributed by atoms with Crippen molar-refractivity contribution < 1.29 is 27.6 Å². The first-order valence-electron chi connectivity index (χ1n) is 3.99. The molecule has 1 N–H and O–H groups in total. The number of carbonyl (C=O) groups excluding carboxylic acids is 1. The minimum atomic E-state index is -5.15. The van der Waals surface area contributed by atoms with Gasteiger partial charge in [-0.15, -0.1) is 13.2 Å². The van der Waals surface area contributed by atoms with Gasteiger partial charge in [0.15, 0.2) is 5.56 Å². The second-order valence-electron chi connectivity index (χ2n) is 2.80. The Bertz CT molecular complexity index is 567. The first kappa shape index (κ1) is 14.0. The molecule has 1 rings (SSSR count). The van der Waals surface area contributed by atoms with Crippen LogP contribution in [0.4, 0.5) is 19.0 Å². The van der Waals surface area contributed by atoms with Gasteiger partial charge < -0.3 is 14.9 Å². The number of H-pyrrole nitrogens is 1. The number of hydrogen-bond acceptors (Lipinski definition) is 5. The molecule has 7 nitrogen and oxygen atoms in total. The van der Waals surface area contributed by atoms with Crippen molar-refractivity contribution in [3.63, 3.8) is 0 Å². The van der Waals surface area contributed by atoms with Crippen LogP contribution in [0, 0.1) is 10.1 Å². The summed E-state index contributed by atoms with van der Waals surface area (Å²) in [7, 11) is 0. The average Bonchev–Trinajstić information content (AvgIpc) is 2.12. The summed E-state index contributed by atoms with van der Waals surface area (Å²) >= 11 is 4.92. The number of hydrogen-bond donors (Lipinski definition) is 1. The smallest absolute Gasteiger partial charge is 0.370 e. The SMILES string of the molecule is O=C(Cl)c1c([N+](=O)[O-])[nH]c(OC(F)(F)F)cc1=O. The highest BCUT2D eigenvalue weighted by atomic mass is 35.5. The molecule has 18 heavy (non-hydrogen) atoms. The number of rotatable bonds is 3.